The van der Waals surface area contributed by atoms with E-state index in [4.69, 9.17) is 0 Å². The van der Waals surface area contributed by atoms with Crippen LogP contribution in [0.1, 0.15) is 12.5 Å². The van der Waals surface area contributed by atoms with Crippen LogP contribution in [0.2, 0.25) is 0 Å². The molecule has 1 N–H and O–H groups in total. The lowest BCUT2D eigenvalue weighted by Crippen LogP contribution is -2.18. The van der Waals surface area contributed by atoms with Gasteiger partial charge < -0.3 is 5.32 Å². The Morgan fingerprint density at radius 3 is 2.67 bits per heavy atom. The number of pyridine rings is 1. The number of nitrogens with zero attached hydrogens (tertiary/aromatic N) is 1. The van der Waals surface area contributed by atoms with Crippen molar-refractivity contribution in [2.24, 2.45) is 0 Å². The number of fused-ring (bicyclic) bond motifs is 1. The summed E-state index contributed by atoms with van der Waals surface area (Å²) in [5.41, 5.74) is 3.18. The fourth-order valence-electron chi connectivity index (χ4n) is 2.52. The summed E-state index contributed by atoms with van der Waals surface area (Å²) >= 11 is 0. The molecule has 106 valence electrons. The van der Waals surface area contributed by atoms with Gasteiger partial charge in [-0.2, -0.15) is 0 Å². The van der Waals surface area contributed by atoms with E-state index in [9.17, 15) is 4.39 Å². The van der Waals surface area contributed by atoms with Gasteiger partial charge in [-0.1, -0.05) is 18.2 Å². The van der Waals surface area contributed by atoms with Crippen LogP contribution in [-0.2, 0) is 6.42 Å². The Bertz CT molecular complexity index is 732. The first kappa shape index (κ1) is 13.6. The van der Waals surface area contributed by atoms with Gasteiger partial charge in [-0.15, -0.1) is 0 Å². The van der Waals surface area contributed by atoms with E-state index in [-0.39, 0.29) is 11.9 Å². The minimum Gasteiger partial charge on any atom is -0.382 e. The van der Waals surface area contributed by atoms with E-state index in [0.717, 1.165) is 28.6 Å². The molecule has 2 aromatic carbocycles. The fraction of sp³-hybridized carbons (Fsp3) is 0.167. The molecule has 0 aliphatic carbocycles. The number of rotatable bonds is 4. The minimum absolute atomic E-state index is 0.195. The van der Waals surface area contributed by atoms with Crippen LogP contribution < -0.4 is 5.32 Å². The van der Waals surface area contributed by atoms with Crippen LogP contribution in [0.25, 0.3) is 10.9 Å². The predicted molar refractivity (Wildman–Crippen MR) is 84.9 cm³/mol. The molecule has 1 atom stereocenters. The molecular formula is C18H17FN2. The molecule has 1 heterocycles. The Kier molecular flexibility index (Phi) is 3.82. The topological polar surface area (TPSA) is 24.9 Å². The maximum Gasteiger partial charge on any atom is 0.123 e. The number of hydrogen-bond acceptors (Lipinski definition) is 2. The quantitative estimate of drug-likeness (QED) is 0.765. The molecular weight excluding hydrogens is 263 g/mol. The van der Waals surface area contributed by atoms with Gasteiger partial charge in [0, 0.05) is 23.3 Å². The highest BCUT2D eigenvalue weighted by molar-refractivity contribution is 5.91. The third-order valence-electron chi connectivity index (χ3n) is 3.50. The molecule has 2 nitrogen and oxygen atoms in total. The van der Waals surface area contributed by atoms with Gasteiger partial charge in [0.2, 0.25) is 0 Å². The molecule has 0 radical (unpaired) electrons. The number of benzene rings is 2. The van der Waals surface area contributed by atoms with Crippen LogP contribution in [0.15, 0.2) is 60.8 Å². The first-order valence-corrected chi connectivity index (χ1v) is 7.07. The van der Waals surface area contributed by atoms with E-state index in [1.165, 1.54) is 12.1 Å². The van der Waals surface area contributed by atoms with Crippen LogP contribution >= 0.6 is 0 Å². The maximum absolute atomic E-state index is 12.9. The van der Waals surface area contributed by atoms with Crippen molar-refractivity contribution in [2.75, 3.05) is 5.32 Å². The summed E-state index contributed by atoms with van der Waals surface area (Å²) < 4.78 is 12.9. The Hall–Kier alpha value is -2.42. The fourth-order valence-corrected chi connectivity index (χ4v) is 2.52. The second-order valence-electron chi connectivity index (χ2n) is 5.25. The first-order valence-electron chi connectivity index (χ1n) is 7.07. The second kappa shape index (κ2) is 5.92. The molecule has 0 aliphatic rings. The highest BCUT2D eigenvalue weighted by Crippen LogP contribution is 2.22. The molecule has 0 saturated heterocycles. The number of halogens is 1. The largest absolute Gasteiger partial charge is 0.382 e. The standard InChI is InChI=1S/C18H17FN2/c1-13(12-14-7-9-15(19)10-8-14)21-18-6-2-5-17-16(18)4-3-11-20-17/h2-11,13,21H,12H2,1H3. The number of anilines is 1. The Balaban J connectivity index is 1.77. The lowest BCUT2D eigenvalue weighted by atomic mass is 10.1. The second-order valence-corrected chi connectivity index (χ2v) is 5.25. The monoisotopic (exact) mass is 280 g/mol. The normalized spacial score (nSPS) is 12.3. The van der Waals surface area contributed by atoms with E-state index in [1.54, 1.807) is 6.20 Å². The predicted octanol–water partition coefficient (Wildman–Crippen LogP) is 4.42. The lowest BCUT2D eigenvalue weighted by molar-refractivity contribution is 0.626. The Morgan fingerprint density at radius 2 is 1.86 bits per heavy atom. The van der Waals surface area contributed by atoms with Gasteiger partial charge in [0.15, 0.2) is 0 Å². The molecule has 0 saturated carbocycles. The van der Waals surface area contributed by atoms with Crippen molar-refractivity contribution < 1.29 is 4.39 Å². The van der Waals surface area contributed by atoms with E-state index < -0.39 is 0 Å². The highest BCUT2D eigenvalue weighted by Gasteiger charge is 2.06. The maximum atomic E-state index is 12.9. The van der Waals surface area contributed by atoms with Gasteiger partial charge in [0.05, 0.1) is 5.52 Å². The molecule has 3 aromatic rings. The van der Waals surface area contributed by atoms with Crippen LogP contribution in [0.3, 0.4) is 0 Å². The summed E-state index contributed by atoms with van der Waals surface area (Å²) in [6.45, 7) is 2.12. The molecule has 21 heavy (non-hydrogen) atoms. The summed E-state index contributed by atoms with van der Waals surface area (Å²) in [4.78, 5) is 4.36. The highest BCUT2D eigenvalue weighted by atomic mass is 19.1. The third-order valence-corrected chi connectivity index (χ3v) is 3.50. The first-order chi connectivity index (χ1) is 10.2. The van der Waals surface area contributed by atoms with Crippen molar-refractivity contribution in [3.8, 4) is 0 Å². The van der Waals surface area contributed by atoms with Crippen molar-refractivity contribution in [1.29, 1.82) is 0 Å². The lowest BCUT2D eigenvalue weighted by Gasteiger charge is -2.17. The van der Waals surface area contributed by atoms with Crippen LogP contribution in [0.5, 0.6) is 0 Å². The summed E-state index contributed by atoms with van der Waals surface area (Å²) in [6, 6.07) is 17.0. The zero-order valence-electron chi connectivity index (χ0n) is 11.9. The molecule has 0 fully saturated rings. The van der Waals surface area contributed by atoms with Crippen molar-refractivity contribution in [3.05, 3.63) is 72.2 Å². The van der Waals surface area contributed by atoms with E-state index in [0.29, 0.717) is 0 Å². The van der Waals surface area contributed by atoms with Crippen LogP contribution in [0.4, 0.5) is 10.1 Å². The third kappa shape index (κ3) is 3.19. The minimum atomic E-state index is -0.195. The van der Waals surface area contributed by atoms with Crippen molar-refractivity contribution >= 4 is 16.6 Å². The smallest absolute Gasteiger partial charge is 0.123 e. The van der Waals surface area contributed by atoms with Crippen molar-refractivity contribution in [3.63, 3.8) is 0 Å². The average Bonchev–Trinajstić information content (AvgIpc) is 2.50. The van der Waals surface area contributed by atoms with Gasteiger partial charge in [-0.05, 0) is 55.3 Å². The summed E-state index contributed by atoms with van der Waals surface area (Å²) in [5, 5.41) is 4.63. The van der Waals surface area contributed by atoms with Gasteiger partial charge in [0.1, 0.15) is 5.82 Å². The van der Waals surface area contributed by atoms with Crippen molar-refractivity contribution in [2.45, 2.75) is 19.4 Å². The number of nitrogens with one attached hydrogen (secondary N) is 1. The van der Waals surface area contributed by atoms with Crippen LogP contribution in [0, 0.1) is 5.82 Å². The van der Waals surface area contributed by atoms with E-state index in [2.05, 4.69) is 29.4 Å². The van der Waals surface area contributed by atoms with Gasteiger partial charge in [0.25, 0.3) is 0 Å². The van der Waals surface area contributed by atoms with Crippen LogP contribution in [-0.4, -0.2) is 11.0 Å². The molecule has 3 rings (SSSR count). The SMILES string of the molecule is CC(Cc1ccc(F)cc1)Nc1cccc2ncccc12. The average molecular weight is 280 g/mol. The summed E-state index contributed by atoms with van der Waals surface area (Å²) in [5.74, 6) is -0.195. The zero-order valence-corrected chi connectivity index (χ0v) is 11.9. The Labute approximate surface area is 123 Å². The van der Waals surface area contributed by atoms with Gasteiger partial charge in [-0.3, -0.25) is 4.98 Å². The molecule has 0 spiro atoms. The number of aromatic nitrogens is 1. The summed E-state index contributed by atoms with van der Waals surface area (Å²) in [7, 11) is 0. The molecule has 3 heteroatoms. The summed E-state index contributed by atoms with van der Waals surface area (Å²) in [6.07, 6.45) is 2.64. The molecule has 0 amide bonds. The zero-order chi connectivity index (χ0) is 14.7. The molecule has 0 bridgehead atoms. The van der Waals surface area contributed by atoms with Crippen molar-refractivity contribution in [1.82, 2.24) is 4.98 Å². The molecule has 0 aliphatic heterocycles. The van der Waals surface area contributed by atoms with Gasteiger partial charge in [-0.25, -0.2) is 4.39 Å². The van der Waals surface area contributed by atoms with Gasteiger partial charge >= 0.3 is 0 Å². The molecule has 1 unspecified atom stereocenters. The molecule has 1 aromatic heterocycles. The van der Waals surface area contributed by atoms with E-state index >= 15 is 0 Å². The van der Waals surface area contributed by atoms with E-state index in [1.807, 2.05) is 30.3 Å². The number of hydrogen-bond donors (Lipinski definition) is 1. The Morgan fingerprint density at radius 1 is 1.05 bits per heavy atom.